The first kappa shape index (κ1) is 12.0. The molecule has 1 aliphatic rings. The van der Waals surface area contributed by atoms with Crippen LogP contribution in [0.15, 0.2) is 0 Å². The van der Waals surface area contributed by atoms with Gasteiger partial charge < -0.3 is 0 Å². The first-order valence-corrected chi connectivity index (χ1v) is 5.19. The fourth-order valence-corrected chi connectivity index (χ4v) is 0.708. The molecule has 1 aliphatic heterocycles. The lowest BCUT2D eigenvalue weighted by Gasteiger charge is -1.98. The zero-order valence-corrected chi connectivity index (χ0v) is 8.70. The predicted octanol–water partition coefficient (Wildman–Crippen LogP) is -0.698. The molecule has 5 nitrogen and oxygen atoms in total. The van der Waals surface area contributed by atoms with E-state index in [2.05, 4.69) is 34.2 Å². The van der Waals surface area contributed by atoms with Crippen molar-refractivity contribution >= 4 is 11.1 Å². The molecule has 0 radical (unpaired) electrons. The van der Waals surface area contributed by atoms with Crippen LogP contribution in [0.25, 0.3) is 0 Å². The molecule has 0 aliphatic carbocycles. The van der Waals surface area contributed by atoms with E-state index in [4.69, 9.17) is 0 Å². The summed E-state index contributed by atoms with van der Waals surface area (Å²) in [5.74, 6) is 0. The molecule has 0 aromatic carbocycles. The Hall–Kier alpha value is -0.0100. The number of hydrazine groups is 1. The third kappa shape index (κ3) is 6.68. The molecule has 3 unspecified atom stereocenters. The maximum Gasteiger partial charge on any atom is 0.151 e. The average Bonchev–Trinajstić information content (AvgIpc) is 2.36. The molecule has 0 aromatic heterocycles. The van der Waals surface area contributed by atoms with Gasteiger partial charge in [-0.05, 0) is 13.8 Å². The van der Waals surface area contributed by atoms with Crippen LogP contribution in [-0.2, 0) is 15.3 Å². The van der Waals surface area contributed by atoms with E-state index in [1.807, 2.05) is 0 Å². The Kier molecular flexibility index (Phi) is 6.49. The van der Waals surface area contributed by atoms with Crippen molar-refractivity contribution < 1.29 is 8.39 Å². The highest BCUT2D eigenvalue weighted by Crippen LogP contribution is 1.83. The van der Waals surface area contributed by atoms with Gasteiger partial charge in [0.25, 0.3) is 0 Å². The van der Waals surface area contributed by atoms with Crippen molar-refractivity contribution in [3.8, 4) is 0 Å². The Morgan fingerprint density at radius 2 is 1.58 bits per heavy atom. The maximum atomic E-state index is 9.70. The van der Waals surface area contributed by atoms with Gasteiger partial charge in [0.15, 0.2) is 11.1 Å². The Morgan fingerprint density at radius 3 is 1.67 bits per heavy atom. The van der Waals surface area contributed by atoms with E-state index in [0.717, 1.165) is 0 Å². The zero-order valence-electron chi connectivity index (χ0n) is 7.88. The van der Waals surface area contributed by atoms with Gasteiger partial charge in [-0.25, -0.2) is 15.1 Å². The predicted molar refractivity (Wildman–Crippen MR) is 49.4 cm³/mol. The smallest absolute Gasteiger partial charge is 0.151 e. The minimum atomic E-state index is -1.07. The second-order valence-electron chi connectivity index (χ2n) is 2.47. The monoisotopic (exact) mass is 195 g/mol. The molecule has 12 heavy (non-hydrogen) atoms. The summed E-state index contributed by atoms with van der Waals surface area (Å²) in [5, 5.41) is 3.19. The lowest BCUT2D eigenvalue weighted by molar-refractivity contribution is 0.450. The van der Waals surface area contributed by atoms with Crippen LogP contribution in [0, 0.1) is 0 Å². The summed E-state index contributed by atoms with van der Waals surface area (Å²) in [7, 11) is 1.40. The van der Waals surface area contributed by atoms with Crippen LogP contribution in [0.5, 0.6) is 0 Å². The Balaban J connectivity index is 0.000000217. The number of hydrogen-bond acceptors (Lipinski definition) is 5. The van der Waals surface area contributed by atoms with Crippen LogP contribution < -0.4 is 16.2 Å². The molecule has 3 atom stereocenters. The van der Waals surface area contributed by atoms with Crippen molar-refractivity contribution in [3.63, 3.8) is 0 Å². The van der Waals surface area contributed by atoms with Gasteiger partial charge in [-0.3, -0.25) is 9.50 Å². The fraction of sp³-hybridized carbons (Fsp3) is 1.00. The van der Waals surface area contributed by atoms with Gasteiger partial charge in [-0.2, -0.15) is 0 Å². The molecule has 0 saturated carbocycles. The van der Waals surface area contributed by atoms with Gasteiger partial charge in [-0.1, -0.05) is 0 Å². The number of nitrogens with one attached hydrogen (secondary N) is 3. The van der Waals surface area contributed by atoms with Crippen LogP contribution in [0.4, 0.5) is 0 Å². The second-order valence-corrected chi connectivity index (χ2v) is 3.60. The minimum Gasteiger partial charge on any atom is -0.294 e. The molecule has 1 heterocycles. The maximum absolute atomic E-state index is 9.70. The van der Waals surface area contributed by atoms with Gasteiger partial charge in [0.1, 0.15) is 0 Å². The highest BCUT2D eigenvalue weighted by Gasteiger charge is 2.11. The highest BCUT2D eigenvalue weighted by molar-refractivity contribution is 7.79. The van der Waals surface area contributed by atoms with Gasteiger partial charge in [0.05, 0.1) is 19.4 Å². The molecule has 1 fully saturated rings. The van der Waals surface area contributed by atoms with Crippen molar-refractivity contribution in [2.75, 3.05) is 13.4 Å². The van der Waals surface area contributed by atoms with E-state index >= 15 is 0 Å². The molecular weight excluding hydrogens is 178 g/mol. The molecular formula is C6H17N3O2S. The Morgan fingerprint density at radius 1 is 1.25 bits per heavy atom. The van der Waals surface area contributed by atoms with Gasteiger partial charge in [-0.15, -0.1) is 0 Å². The van der Waals surface area contributed by atoms with Gasteiger partial charge in [0.2, 0.25) is 0 Å². The number of rotatable bonds is 1. The largest absolute Gasteiger partial charge is 0.294 e. The van der Waals surface area contributed by atoms with E-state index in [-0.39, 0.29) is 0 Å². The molecule has 0 amide bonds. The molecule has 0 spiro atoms. The summed E-state index contributed by atoms with van der Waals surface area (Å²) in [6, 6.07) is 0. The van der Waals surface area contributed by atoms with E-state index in [1.165, 1.54) is 13.4 Å². The van der Waals surface area contributed by atoms with Crippen molar-refractivity contribution in [1.82, 2.24) is 16.2 Å². The van der Waals surface area contributed by atoms with Gasteiger partial charge >= 0.3 is 0 Å². The second kappa shape index (κ2) is 6.50. The summed E-state index contributed by atoms with van der Waals surface area (Å²) in [6.45, 7) is 4.13. The fourth-order valence-electron chi connectivity index (χ4n) is 0.708. The summed E-state index contributed by atoms with van der Waals surface area (Å²) < 4.78 is 13.9. The highest BCUT2D eigenvalue weighted by atomic mass is 32.2. The standard InChI is InChI=1S/C4H11N3.C2H6O2S/c1-3-5-4(2)7-6-3;1-4-5(2)3/h3-7H,1-2H3;1-2H3. The van der Waals surface area contributed by atoms with Gasteiger partial charge in [0, 0.05) is 6.26 Å². The van der Waals surface area contributed by atoms with E-state index in [0.29, 0.717) is 12.3 Å². The summed E-state index contributed by atoms with van der Waals surface area (Å²) >= 11 is -1.07. The molecule has 3 N–H and O–H groups in total. The van der Waals surface area contributed by atoms with Crippen LogP contribution >= 0.6 is 0 Å². The molecule has 6 heteroatoms. The van der Waals surface area contributed by atoms with Crippen LogP contribution in [0.1, 0.15) is 13.8 Å². The van der Waals surface area contributed by atoms with Crippen molar-refractivity contribution in [2.45, 2.75) is 26.2 Å². The summed E-state index contributed by atoms with van der Waals surface area (Å²) in [6.07, 6.45) is 2.30. The third-order valence-corrected chi connectivity index (χ3v) is 1.72. The molecule has 1 rings (SSSR count). The number of hydrogen-bond donors (Lipinski definition) is 3. The summed E-state index contributed by atoms with van der Waals surface area (Å²) in [4.78, 5) is 0. The topological polar surface area (TPSA) is 62.4 Å². The Labute approximate surface area is 75.9 Å². The SMILES string of the molecule is CC1NNC(C)N1.COS(C)=O. The lowest BCUT2D eigenvalue weighted by atomic mass is 10.5. The van der Waals surface area contributed by atoms with Crippen LogP contribution in [-0.4, -0.2) is 29.9 Å². The van der Waals surface area contributed by atoms with E-state index in [9.17, 15) is 4.21 Å². The molecule has 0 aromatic rings. The Bertz CT molecular complexity index is 137. The molecule has 0 bridgehead atoms. The molecule has 74 valence electrons. The van der Waals surface area contributed by atoms with Crippen LogP contribution in [0.2, 0.25) is 0 Å². The zero-order chi connectivity index (χ0) is 9.56. The summed E-state index contributed by atoms with van der Waals surface area (Å²) in [5.41, 5.74) is 6.02. The third-order valence-electron chi connectivity index (χ3n) is 1.25. The first-order valence-electron chi connectivity index (χ1n) is 3.71. The normalized spacial score (nSPS) is 30.7. The van der Waals surface area contributed by atoms with Crippen molar-refractivity contribution in [1.29, 1.82) is 0 Å². The van der Waals surface area contributed by atoms with Crippen molar-refractivity contribution in [3.05, 3.63) is 0 Å². The molecule has 1 saturated heterocycles. The quantitative estimate of drug-likeness (QED) is 0.516. The van der Waals surface area contributed by atoms with E-state index < -0.39 is 11.1 Å². The minimum absolute atomic E-state index is 0.412. The lowest BCUT2D eigenvalue weighted by Crippen LogP contribution is -2.30. The average molecular weight is 195 g/mol. The van der Waals surface area contributed by atoms with Crippen molar-refractivity contribution in [2.24, 2.45) is 0 Å². The van der Waals surface area contributed by atoms with E-state index in [1.54, 1.807) is 0 Å². The first-order chi connectivity index (χ1) is 5.56. The van der Waals surface area contributed by atoms with Crippen LogP contribution in [0.3, 0.4) is 0 Å².